The Morgan fingerprint density at radius 3 is 2.60 bits per heavy atom. The smallest absolute Gasteiger partial charge is 0.416 e. The number of ether oxygens (including phenoxy) is 1. The topological polar surface area (TPSA) is 116 Å². The van der Waals surface area contributed by atoms with Crippen molar-refractivity contribution in [1.29, 1.82) is 0 Å². The molecule has 0 atom stereocenters. The third-order valence-corrected chi connectivity index (χ3v) is 4.17. The summed E-state index contributed by atoms with van der Waals surface area (Å²) in [5.41, 5.74) is -1.64. The van der Waals surface area contributed by atoms with Crippen LogP contribution in [0.3, 0.4) is 0 Å². The Labute approximate surface area is 172 Å². The molecule has 2 aromatic rings. The molecule has 0 unspecified atom stereocenters. The lowest BCUT2D eigenvalue weighted by atomic mass is 10.1. The summed E-state index contributed by atoms with van der Waals surface area (Å²) in [6.45, 7) is 0.850. The number of halogens is 4. The van der Waals surface area contributed by atoms with Gasteiger partial charge >= 0.3 is 12.1 Å². The minimum Gasteiger partial charge on any atom is -0.452 e. The molecule has 0 aliphatic carbocycles. The summed E-state index contributed by atoms with van der Waals surface area (Å²) >= 11 is 6.00. The van der Waals surface area contributed by atoms with Gasteiger partial charge in [0.2, 0.25) is 0 Å². The lowest BCUT2D eigenvalue weighted by Crippen LogP contribution is -2.21. The summed E-state index contributed by atoms with van der Waals surface area (Å²) < 4.78 is 44.2. The normalized spacial score (nSPS) is 11.5. The Bertz CT molecular complexity index is 1030. The minimum atomic E-state index is -4.79. The van der Waals surface area contributed by atoms with Crippen molar-refractivity contribution >= 4 is 40.9 Å². The van der Waals surface area contributed by atoms with E-state index in [1.807, 2.05) is 5.32 Å². The molecule has 9 nitrogen and oxygen atoms in total. The van der Waals surface area contributed by atoms with E-state index in [2.05, 4.69) is 5.10 Å². The van der Waals surface area contributed by atoms with E-state index in [1.54, 1.807) is 14.0 Å². The van der Waals surface area contributed by atoms with E-state index >= 15 is 0 Å². The van der Waals surface area contributed by atoms with Crippen LogP contribution in [0.4, 0.5) is 24.5 Å². The zero-order valence-electron chi connectivity index (χ0n) is 15.5. The summed E-state index contributed by atoms with van der Waals surface area (Å²) in [6, 6.07) is 1.62. The van der Waals surface area contributed by atoms with E-state index in [0.717, 1.165) is 12.1 Å². The van der Waals surface area contributed by atoms with Crippen LogP contribution in [0.2, 0.25) is 5.15 Å². The highest BCUT2D eigenvalue weighted by atomic mass is 35.5. The Hall–Kier alpha value is -3.41. The number of carbonyl (C=O) groups excluding carboxylic acids is 2. The Kier molecular flexibility index (Phi) is 6.82. The van der Waals surface area contributed by atoms with Crippen LogP contribution < -0.4 is 5.32 Å². The predicted octanol–water partition coefficient (Wildman–Crippen LogP) is 3.50. The van der Waals surface area contributed by atoms with Crippen molar-refractivity contribution in [3.63, 3.8) is 0 Å². The second-order valence-corrected chi connectivity index (χ2v) is 6.25. The molecule has 0 saturated heterocycles. The number of hydrogen-bond acceptors (Lipinski definition) is 6. The number of aryl methyl sites for hydroxylation is 2. The third kappa shape index (κ3) is 5.56. The number of esters is 1. The van der Waals surface area contributed by atoms with Crippen molar-refractivity contribution in [2.45, 2.75) is 13.1 Å². The van der Waals surface area contributed by atoms with Crippen molar-refractivity contribution in [3.05, 3.63) is 56.4 Å². The van der Waals surface area contributed by atoms with Crippen molar-refractivity contribution in [1.82, 2.24) is 9.78 Å². The van der Waals surface area contributed by atoms with Gasteiger partial charge in [0.15, 0.2) is 6.61 Å². The maximum Gasteiger partial charge on any atom is 0.416 e. The molecule has 1 amide bonds. The number of aromatic nitrogens is 2. The van der Waals surface area contributed by atoms with Crippen LogP contribution in [0.5, 0.6) is 0 Å². The average molecular weight is 447 g/mol. The van der Waals surface area contributed by atoms with E-state index in [-0.39, 0.29) is 5.15 Å². The molecule has 0 aliphatic rings. The molecular formula is C17H14ClF3N4O5. The molecule has 0 spiro atoms. The molecule has 0 saturated carbocycles. The van der Waals surface area contributed by atoms with Gasteiger partial charge in [-0.2, -0.15) is 18.3 Å². The molecule has 0 fully saturated rings. The summed E-state index contributed by atoms with van der Waals surface area (Å²) in [4.78, 5) is 33.5. The molecule has 1 heterocycles. The number of rotatable bonds is 6. The zero-order chi connectivity index (χ0) is 22.6. The molecule has 0 radical (unpaired) electrons. The maximum absolute atomic E-state index is 12.7. The summed E-state index contributed by atoms with van der Waals surface area (Å²) in [5.74, 6) is -1.89. The van der Waals surface area contributed by atoms with Crippen LogP contribution in [0.1, 0.15) is 16.8 Å². The van der Waals surface area contributed by atoms with Crippen LogP contribution in [0, 0.1) is 17.0 Å². The van der Waals surface area contributed by atoms with Gasteiger partial charge in [0.05, 0.1) is 16.2 Å². The fraction of sp³-hybridized carbons (Fsp3) is 0.235. The van der Waals surface area contributed by atoms with Gasteiger partial charge in [-0.3, -0.25) is 19.6 Å². The number of benzene rings is 1. The number of nitrogens with zero attached hydrogens (tertiary/aromatic N) is 3. The molecule has 0 bridgehead atoms. The lowest BCUT2D eigenvalue weighted by molar-refractivity contribution is -0.384. The summed E-state index contributed by atoms with van der Waals surface area (Å²) in [5, 5.41) is 17.4. The van der Waals surface area contributed by atoms with Gasteiger partial charge in [-0.1, -0.05) is 11.6 Å². The Morgan fingerprint density at radius 2 is 2.07 bits per heavy atom. The van der Waals surface area contributed by atoms with E-state index < -0.39 is 46.5 Å². The second kappa shape index (κ2) is 8.95. The van der Waals surface area contributed by atoms with Crippen molar-refractivity contribution in [2.75, 3.05) is 11.9 Å². The van der Waals surface area contributed by atoms with E-state index in [1.165, 1.54) is 10.8 Å². The fourth-order valence-corrected chi connectivity index (χ4v) is 2.56. The van der Waals surface area contributed by atoms with Gasteiger partial charge < -0.3 is 10.1 Å². The molecule has 1 aromatic heterocycles. The van der Waals surface area contributed by atoms with E-state index in [9.17, 15) is 32.9 Å². The maximum atomic E-state index is 12.7. The largest absolute Gasteiger partial charge is 0.452 e. The van der Waals surface area contributed by atoms with Crippen LogP contribution in [0.15, 0.2) is 24.3 Å². The molecule has 2 rings (SSSR count). The molecule has 1 N–H and O–H groups in total. The highest BCUT2D eigenvalue weighted by molar-refractivity contribution is 6.31. The number of nitrogens with one attached hydrogen (secondary N) is 1. The van der Waals surface area contributed by atoms with Crippen LogP contribution >= 0.6 is 11.6 Å². The second-order valence-electron chi connectivity index (χ2n) is 5.89. The predicted molar refractivity (Wildman–Crippen MR) is 99.7 cm³/mol. The molecule has 30 heavy (non-hydrogen) atoms. The molecule has 0 aliphatic heterocycles. The van der Waals surface area contributed by atoms with Gasteiger partial charge in [0, 0.05) is 24.8 Å². The SMILES string of the molecule is Cc1nn(C)c(Cl)c1/C=C/C(=O)OCC(=O)Nc1ccc(C(F)(F)F)cc1[N+](=O)[O-]. The van der Waals surface area contributed by atoms with Crippen molar-refractivity contribution in [3.8, 4) is 0 Å². The number of hydrogen-bond donors (Lipinski definition) is 1. The number of alkyl halides is 3. The van der Waals surface area contributed by atoms with E-state index in [0.29, 0.717) is 23.4 Å². The first-order valence-electron chi connectivity index (χ1n) is 8.09. The highest BCUT2D eigenvalue weighted by Crippen LogP contribution is 2.34. The fourth-order valence-electron chi connectivity index (χ4n) is 2.32. The monoisotopic (exact) mass is 446 g/mol. The number of amides is 1. The number of nitro benzene ring substituents is 1. The van der Waals surface area contributed by atoms with Crippen LogP contribution in [-0.2, 0) is 27.5 Å². The lowest BCUT2D eigenvalue weighted by Gasteiger charge is -2.10. The number of carbonyl (C=O) groups is 2. The van der Waals surface area contributed by atoms with Gasteiger partial charge in [0.25, 0.3) is 11.6 Å². The zero-order valence-corrected chi connectivity index (χ0v) is 16.2. The Balaban J connectivity index is 2.01. The van der Waals surface area contributed by atoms with Gasteiger partial charge in [-0.25, -0.2) is 4.79 Å². The quantitative estimate of drug-likeness (QED) is 0.314. The minimum absolute atomic E-state index is 0.281. The van der Waals surface area contributed by atoms with Gasteiger partial charge in [-0.15, -0.1) is 0 Å². The van der Waals surface area contributed by atoms with Gasteiger partial charge in [0.1, 0.15) is 10.8 Å². The standard InChI is InChI=1S/C17H14ClF3N4O5/c1-9-11(16(18)24(2)23-9)4-6-15(27)30-8-14(26)22-12-5-3-10(17(19,20)21)7-13(12)25(28)29/h3-7H,8H2,1-2H3,(H,22,26)/b6-4+. The molecule has 1 aromatic carbocycles. The van der Waals surface area contributed by atoms with Crippen LogP contribution in [0.25, 0.3) is 6.08 Å². The first kappa shape index (κ1) is 22.9. The first-order valence-corrected chi connectivity index (χ1v) is 8.47. The Morgan fingerprint density at radius 1 is 1.40 bits per heavy atom. The summed E-state index contributed by atoms with van der Waals surface area (Å²) in [6.07, 6.45) is -2.44. The van der Waals surface area contributed by atoms with Gasteiger partial charge in [-0.05, 0) is 25.1 Å². The average Bonchev–Trinajstić information content (AvgIpc) is 2.89. The third-order valence-electron chi connectivity index (χ3n) is 3.72. The van der Waals surface area contributed by atoms with Crippen molar-refractivity contribution < 1.29 is 32.4 Å². The number of anilines is 1. The molecule has 13 heteroatoms. The summed E-state index contributed by atoms with van der Waals surface area (Å²) in [7, 11) is 1.61. The van der Waals surface area contributed by atoms with Crippen molar-refractivity contribution in [2.24, 2.45) is 7.05 Å². The van der Waals surface area contributed by atoms with Crippen LogP contribution in [-0.4, -0.2) is 33.2 Å². The van der Waals surface area contributed by atoms with E-state index in [4.69, 9.17) is 16.3 Å². The molecule has 160 valence electrons. The number of nitro groups is 1. The highest BCUT2D eigenvalue weighted by Gasteiger charge is 2.33. The first-order chi connectivity index (χ1) is 13.9. The molecular weight excluding hydrogens is 433 g/mol.